The molecular weight excluding hydrogens is 280 g/mol. The molecule has 1 aromatic rings. The molecule has 0 fully saturated rings. The summed E-state index contributed by atoms with van der Waals surface area (Å²) in [5, 5.41) is 14.8. The molecule has 0 radical (unpaired) electrons. The summed E-state index contributed by atoms with van der Waals surface area (Å²) >= 11 is 1.30. The van der Waals surface area contributed by atoms with E-state index < -0.39 is 12.0 Å². The molecule has 1 atom stereocenters. The van der Waals surface area contributed by atoms with Gasteiger partial charge in [-0.25, -0.2) is 9.59 Å². The molecule has 1 heterocycles. The van der Waals surface area contributed by atoms with Gasteiger partial charge in [-0.3, -0.25) is 5.32 Å². The zero-order valence-electron chi connectivity index (χ0n) is 12.1. The zero-order valence-corrected chi connectivity index (χ0v) is 12.9. The van der Waals surface area contributed by atoms with Crippen LogP contribution in [0.3, 0.4) is 0 Å². The summed E-state index contributed by atoms with van der Waals surface area (Å²) in [6.07, 6.45) is 0.636. The first-order valence-electron chi connectivity index (χ1n) is 6.33. The highest BCUT2D eigenvalue weighted by molar-refractivity contribution is 7.16. The van der Waals surface area contributed by atoms with Crippen LogP contribution in [-0.2, 0) is 11.2 Å². The number of aromatic carboxylic acids is 1. The van der Waals surface area contributed by atoms with Gasteiger partial charge in [-0.15, -0.1) is 11.3 Å². The maximum Gasteiger partial charge on any atom is 0.338 e. The first-order valence-corrected chi connectivity index (χ1v) is 7.15. The minimum Gasteiger partial charge on any atom is -0.478 e. The number of nitrogens with one attached hydrogen (secondary N) is 2. The van der Waals surface area contributed by atoms with Crippen LogP contribution < -0.4 is 10.6 Å². The van der Waals surface area contributed by atoms with E-state index in [9.17, 15) is 14.7 Å². The van der Waals surface area contributed by atoms with Gasteiger partial charge in [-0.2, -0.15) is 0 Å². The number of hydrogen-bond acceptors (Lipinski definition) is 4. The molecule has 0 aromatic carbocycles. The fraction of sp³-hybridized carbons (Fsp3) is 0.538. The molecule has 1 unspecified atom stereocenters. The van der Waals surface area contributed by atoms with Gasteiger partial charge in [0.05, 0.1) is 11.7 Å². The highest BCUT2D eigenvalue weighted by Crippen LogP contribution is 2.33. The Balaban J connectivity index is 2.81. The molecule has 0 bridgehead atoms. The predicted molar refractivity (Wildman–Crippen MR) is 78.9 cm³/mol. The lowest BCUT2D eigenvalue weighted by molar-refractivity contribution is 0.0697. The lowest BCUT2D eigenvalue weighted by Gasteiger charge is -2.11. The minimum absolute atomic E-state index is 0.101. The van der Waals surface area contributed by atoms with Gasteiger partial charge < -0.3 is 15.2 Å². The Morgan fingerprint density at radius 3 is 2.60 bits per heavy atom. The summed E-state index contributed by atoms with van der Waals surface area (Å²) in [6.45, 7) is 5.90. The van der Waals surface area contributed by atoms with E-state index in [1.807, 2.05) is 13.8 Å². The molecule has 1 aromatic heterocycles. The molecule has 0 aliphatic carbocycles. The van der Waals surface area contributed by atoms with E-state index in [0.29, 0.717) is 17.1 Å². The van der Waals surface area contributed by atoms with E-state index in [1.54, 1.807) is 14.0 Å². The van der Waals surface area contributed by atoms with Crippen LogP contribution in [0, 0.1) is 6.92 Å². The number of rotatable bonds is 6. The molecule has 112 valence electrons. The van der Waals surface area contributed by atoms with Crippen molar-refractivity contribution in [3.8, 4) is 0 Å². The lowest BCUT2D eigenvalue weighted by atomic mass is 10.1. The van der Waals surface area contributed by atoms with Gasteiger partial charge in [0.1, 0.15) is 5.00 Å². The molecule has 7 heteroatoms. The normalized spacial score (nSPS) is 12.0. The third-order valence-corrected chi connectivity index (χ3v) is 4.31. The molecule has 0 spiro atoms. The zero-order chi connectivity index (χ0) is 15.3. The Bertz CT molecular complexity index is 499. The van der Waals surface area contributed by atoms with Crippen LogP contribution in [0.4, 0.5) is 9.80 Å². The highest BCUT2D eigenvalue weighted by Gasteiger charge is 2.21. The summed E-state index contributed by atoms with van der Waals surface area (Å²) < 4.78 is 5.02. The maximum absolute atomic E-state index is 11.8. The van der Waals surface area contributed by atoms with Crippen LogP contribution in [-0.4, -0.2) is 36.9 Å². The minimum atomic E-state index is -1.03. The molecule has 20 heavy (non-hydrogen) atoms. The molecule has 1 rings (SSSR count). The highest BCUT2D eigenvalue weighted by atomic mass is 32.1. The Morgan fingerprint density at radius 1 is 1.45 bits per heavy atom. The van der Waals surface area contributed by atoms with Crippen molar-refractivity contribution < 1.29 is 19.4 Å². The van der Waals surface area contributed by atoms with Crippen LogP contribution in [0.1, 0.15) is 34.6 Å². The van der Waals surface area contributed by atoms with Crippen LogP contribution >= 0.6 is 11.3 Å². The van der Waals surface area contributed by atoms with Crippen molar-refractivity contribution >= 4 is 28.3 Å². The van der Waals surface area contributed by atoms with Gasteiger partial charge in [0.2, 0.25) is 0 Å². The third kappa shape index (κ3) is 3.94. The average Bonchev–Trinajstić information content (AvgIpc) is 2.71. The first kappa shape index (κ1) is 16.5. The van der Waals surface area contributed by atoms with E-state index in [-0.39, 0.29) is 11.7 Å². The number of ether oxygens (including phenoxy) is 1. The summed E-state index contributed by atoms with van der Waals surface area (Å²) in [5.74, 6) is -1.03. The predicted octanol–water partition coefficient (Wildman–Crippen LogP) is 2.47. The van der Waals surface area contributed by atoms with E-state index in [2.05, 4.69) is 10.6 Å². The van der Waals surface area contributed by atoms with Crippen LogP contribution in [0.15, 0.2) is 0 Å². The Hall–Kier alpha value is -1.60. The van der Waals surface area contributed by atoms with Crippen molar-refractivity contribution in [2.75, 3.05) is 19.0 Å². The van der Waals surface area contributed by atoms with Crippen molar-refractivity contribution in [1.29, 1.82) is 0 Å². The number of carbonyl (C=O) groups is 2. The molecule has 0 aliphatic heterocycles. The summed E-state index contributed by atoms with van der Waals surface area (Å²) in [5.41, 5.74) is 0.882. The average molecular weight is 300 g/mol. The number of methoxy groups -OCH3 is 1. The molecule has 0 saturated heterocycles. The van der Waals surface area contributed by atoms with Gasteiger partial charge >= 0.3 is 12.0 Å². The van der Waals surface area contributed by atoms with Gasteiger partial charge in [-0.05, 0) is 25.8 Å². The van der Waals surface area contributed by atoms with Gasteiger partial charge in [0.25, 0.3) is 0 Å². The number of urea groups is 1. The molecular formula is C13H20N2O4S. The van der Waals surface area contributed by atoms with Gasteiger partial charge in [-0.1, -0.05) is 6.92 Å². The summed E-state index contributed by atoms with van der Waals surface area (Å²) in [6, 6.07) is -0.430. The fourth-order valence-electron chi connectivity index (χ4n) is 1.71. The molecule has 2 amide bonds. The lowest BCUT2D eigenvalue weighted by Crippen LogP contribution is -2.34. The SMILES string of the molecule is CCc1sc(NC(=O)NCC(C)OC)c(C(=O)O)c1C. The van der Waals surface area contributed by atoms with E-state index in [4.69, 9.17) is 4.74 Å². The van der Waals surface area contributed by atoms with Crippen LogP contribution in [0.2, 0.25) is 0 Å². The van der Waals surface area contributed by atoms with Crippen LogP contribution in [0.25, 0.3) is 0 Å². The fourth-order valence-corrected chi connectivity index (χ4v) is 2.84. The number of thiophene rings is 1. The molecule has 0 aliphatic rings. The summed E-state index contributed by atoms with van der Waals surface area (Å²) in [4.78, 5) is 24.0. The maximum atomic E-state index is 11.8. The number of carboxylic acids is 1. The molecule has 0 saturated carbocycles. The second kappa shape index (κ2) is 7.25. The smallest absolute Gasteiger partial charge is 0.338 e. The van der Waals surface area contributed by atoms with Crippen molar-refractivity contribution in [3.05, 3.63) is 16.0 Å². The van der Waals surface area contributed by atoms with Crippen molar-refractivity contribution in [3.63, 3.8) is 0 Å². The van der Waals surface area contributed by atoms with E-state index in [0.717, 1.165) is 11.3 Å². The second-order valence-electron chi connectivity index (χ2n) is 4.39. The largest absolute Gasteiger partial charge is 0.478 e. The quantitative estimate of drug-likeness (QED) is 0.753. The van der Waals surface area contributed by atoms with Crippen molar-refractivity contribution in [2.45, 2.75) is 33.3 Å². The third-order valence-electron chi connectivity index (χ3n) is 2.96. The number of hydrogen-bond donors (Lipinski definition) is 3. The number of carbonyl (C=O) groups excluding carboxylic acids is 1. The van der Waals surface area contributed by atoms with Crippen molar-refractivity contribution in [2.24, 2.45) is 0 Å². The Labute approximate surface area is 122 Å². The number of anilines is 1. The summed E-state index contributed by atoms with van der Waals surface area (Å²) in [7, 11) is 1.56. The Morgan fingerprint density at radius 2 is 2.10 bits per heavy atom. The van der Waals surface area contributed by atoms with E-state index in [1.165, 1.54) is 11.3 Å². The number of amides is 2. The first-order chi connectivity index (χ1) is 9.40. The standard InChI is InChI=1S/C13H20N2O4S/c1-5-9-8(3)10(12(16)17)11(20-9)15-13(18)14-6-7(2)19-4/h7H,5-6H2,1-4H3,(H,16,17)(H2,14,15,18). The Kier molecular flexibility index (Phi) is 5.97. The monoisotopic (exact) mass is 300 g/mol. The number of aryl methyl sites for hydroxylation is 1. The topological polar surface area (TPSA) is 87.7 Å². The number of carboxylic acid groups (broad SMARTS) is 1. The van der Waals surface area contributed by atoms with Gasteiger partial charge in [0, 0.05) is 18.5 Å². The van der Waals surface area contributed by atoms with Gasteiger partial charge in [0.15, 0.2) is 0 Å². The van der Waals surface area contributed by atoms with Crippen LogP contribution in [0.5, 0.6) is 0 Å². The molecule has 6 nitrogen and oxygen atoms in total. The van der Waals surface area contributed by atoms with E-state index >= 15 is 0 Å². The molecule has 3 N–H and O–H groups in total. The second-order valence-corrected chi connectivity index (χ2v) is 5.50. The van der Waals surface area contributed by atoms with Crippen molar-refractivity contribution in [1.82, 2.24) is 5.32 Å².